The van der Waals surface area contributed by atoms with Gasteiger partial charge in [0.1, 0.15) is 11.5 Å². The minimum absolute atomic E-state index is 0.346. The molecule has 0 aliphatic rings. The molecule has 2 rings (SSSR count). The molecule has 0 saturated heterocycles. The van der Waals surface area contributed by atoms with E-state index in [4.69, 9.17) is 20.9 Å². The Morgan fingerprint density at radius 2 is 2.11 bits per heavy atom. The molecular weight excluding hydrogens is 268 g/mol. The molecule has 0 unspecified atom stereocenters. The summed E-state index contributed by atoms with van der Waals surface area (Å²) in [6, 6.07) is 4.91. The van der Waals surface area contributed by atoms with Crippen LogP contribution in [-0.4, -0.2) is 18.2 Å². The number of halogens is 1. The highest BCUT2D eigenvalue weighted by Gasteiger charge is 2.16. The number of benzene rings is 1. The van der Waals surface area contributed by atoms with Gasteiger partial charge < -0.3 is 14.6 Å². The van der Waals surface area contributed by atoms with Crippen molar-refractivity contribution >= 4 is 23.3 Å². The topological polar surface area (TPSA) is 64.4 Å². The summed E-state index contributed by atoms with van der Waals surface area (Å²) in [5.74, 6) is 1.07. The van der Waals surface area contributed by atoms with Crippen LogP contribution in [0.15, 0.2) is 22.7 Å². The van der Waals surface area contributed by atoms with E-state index in [0.29, 0.717) is 27.9 Å². The van der Waals surface area contributed by atoms with E-state index in [-0.39, 0.29) is 5.91 Å². The first-order valence-corrected chi connectivity index (χ1v) is 5.98. The summed E-state index contributed by atoms with van der Waals surface area (Å²) in [5, 5.41) is 6.82. The van der Waals surface area contributed by atoms with Crippen molar-refractivity contribution in [3.63, 3.8) is 0 Å². The second-order valence-corrected chi connectivity index (χ2v) is 4.49. The number of rotatable bonds is 3. The van der Waals surface area contributed by atoms with Crippen molar-refractivity contribution in [2.75, 3.05) is 12.4 Å². The summed E-state index contributed by atoms with van der Waals surface area (Å²) in [7, 11) is 1.50. The molecule has 1 amide bonds. The van der Waals surface area contributed by atoms with Crippen LogP contribution in [0.3, 0.4) is 0 Å². The van der Waals surface area contributed by atoms with Gasteiger partial charge in [0.05, 0.1) is 12.7 Å². The predicted molar refractivity (Wildman–Crippen MR) is 71.9 cm³/mol. The number of hydrogen-bond donors (Lipinski definition) is 1. The lowest BCUT2D eigenvalue weighted by Crippen LogP contribution is -2.13. The first kappa shape index (κ1) is 13.4. The Labute approximate surface area is 115 Å². The van der Waals surface area contributed by atoms with Gasteiger partial charge >= 0.3 is 0 Å². The molecule has 2 aromatic rings. The highest BCUT2D eigenvalue weighted by molar-refractivity contribution is 6.32. The highest BCUT2D eigenvalue weighted by Crippen LogP contribution is 2.27. The summed E-state index contributed by atoms with van der Waals surface area (Å²) in [5.41, 5.74) is 1.19. The highest BCUT2D eigenvalue weighted by atomic mass is 35.5. The molecule has 5 nitrogen and oxygen atoms in total. The van der Waals surface area contributed by atoms with Gasteiger partial charge in [0, 0.05) is 11.1 Å². The molecule has 0 saturated carbocycles. The van der Waals surface area contributed by atoms with E-state index < -0.39 is 0 Å². The van der Waals surface area contributed by atoms with E-state index in [0.717, 1.165) is 5.56 Å². The lowest BCUT2D eigenvalue weighted by atomic mass is 10.1. The molecule has 0 aliphatic carbocycles. The van der Waals surface area contributed by atoms with Crippen LogP contribution in [0, 0.1) is 13.8 Å². The summed E-state index contributed by atoms with van der Waals surface area (Å²) >= 11 is 6.02. The number of anilines is 1. The molecule has 1 aromatic heterocycles. The number of nitrogens with zero attached hydrogens (tertiary/aromatic N) is 1. The number of aromatic nitrogens is 1. The van der Waals surface area contributed by atoms with Crippen molar-refractivity contribution in [3.8, 4) is 5.75 Å². The largest absolute Gasteiger partial charge is 0.496 e. The SMILES string of the molecule is COc1cc(C)c(Cl)cc1C(=O)Nc1cc(C)on1. The fourth-order valence-corrected chi connectivity index (χ4v) is 1.77. The molecule has 1 N–H and O–H groups in total. The lowest BCUT2D eigenvalue weighted by Gasteiger charge is -2.10. The zero-order valence-corrected chi connectivity index (χ0v) is 11.5. The fourth-order valence-electron chi connectivity index (χ4n) is 1.61. The van der Waals surface area contributed by atoms with Crippen molar-refractivity contribution in [3.05, 3.63) is 40.1 Å². The Hall–Kier alpha value is -2.01. The van der Waals surface area contributed by atoms with Gasteiger partial charge in [0.15, 0.2) is 5.82 Å². The summed E-state index contributed by atoms with van der Waals surface area (Å²) in [4.78, 5) is 12.1. The van der Waals surface area contributed by atoms with Gasteiger partial charge in [-0.05, 0) is 31.5 Å². The van der Waals surface area contributed by atoms with Gasteiger partial charge in [-0.2, -0.15) is 0 Å². The van der Waals surface area contributed by atoms with E-state index in [9.17, 15) is 4.79 Å². The third-order valence-electron chi connectivity index (χ3n) is 2.59. The summed E-state index contributed by atoms with van der Waals surface area (Å²) in [6.45, 7) is 3.58. The van der Waals surface area contributed by atoms with Crippen LogP contribution < -0.4 is 10.1 Å². The van der Waals surface area contributed by atoms with Crippen molar-refractivity contribution < 1.29 is 14.1 Å². The van der Waals surface area contributed by atoms with Gasteiger partial charge in [-0.3, -0.25) is 4.79 Å². The van der Waals surface area contributed by atoms with Crippen molar-refractivity contribution in [1.29, 1.82) is 0 Å². The van der Waals surface area contributed by atoms with Gasteiger partial charge in [-0.15, -0.1) is 0 Å². The molecule has 19 heavy (non-hydrogen) atoms. The number of amides is 1. The molecule has 100 valence electrons. The average Bonchev–Trinajstić information content (AvgIpc) is 2.77. The Balaban J connectivity index is 2.30. The standard InChI is InChI=1S/C13H13ClN2O3/c1-7-4-11(18-3)9(6-10(7)14)13(17)15-12-5-8(2)19-16-12/h4-6H,1-3H3,(H,15,16,17). The quantitative estimate of drug-likeness (QED) is 0.938. The fraction of sp³-hybridized carbons (Fsp3) is 0.231. The van der Waals surface area contributed by atoms with Gasteiger partial charge in [-0.1, -0.05) is 16.8 Å². The molecular formula is C13H13ClN2O3. The number of methoxy groups -OCH3 is 1. The maximum atomic E-state index is 12.1. The van der Waals surface area contributed by atoms with Crippen LogP contribution in [0.5, 0.6) is 5.75 Å². The second kappa shape index (κ2) is 5.32. The Morgan fingerprint density at radius 3 is 2.68 bits per heavy atom. The summed E-state index contributed by atoms with van der Waals surface area (Å²) in [6.07, 6.45) is 0. The smallest absolute Gasteiger partial charge is 0.260 e. The first-order chi connectivity index (χ1) is 9.01. The second-order valence-electron chi connectivity index (χ2n) is 4.08. The van der Waals surface area contributed by atoms with E-state index >= 15 is 0 Å². The minimum Gasteiger partial charge on any atom is -0.496 e. The van der Waals surface area contributed by atoms with E-state index in [1.54, 1.807) is 25.1 Å². The van der Waals surface area contributed by atoms with Gasteiger partial charge in [-0.25, -0.2) is 0 Å². The number of hydrogen-bond acceptors (Lipinski definition) is 4. The van der Waals surface area contributed by atoms with Crippen molar-refractivity contribution in [2.45, 2.75) is 13.8 Å². The van der Waals surface area contributed by atoms with Gasteiger partial charge in [0.25, 0.3) is 5.91 Å². The van der Waals surface area contributed by atoms with Crippen LogP contribution >= 0.6 is 11.6 Å². The first-order valence-electron chi connectivity index (χ1n) is 5.60. The number of carbonyl (C=O) groups excluding carboxylic acids is 1. The molecule has 0 aliphatic heterocycles. The van der Waals surface area contributed by atoms with Crippen molar-refractivity contribution in [2.24, 2.45) is 0 Å². The Morgan fingerprint density at radius 1 is 1.37 bits per heavy atom. The maximum Gasteiger partial charge on any atom is 0.260 e. The zero-order chi connectivity index (χ0) is 14.0. The normalized spacial score (nSPS) is 10.3. The third kappa shape index (κ3) is 2.88. The molecule has 0 atom stereocenters. The van der Waals surface area contributed by atoms with Crippen LogP contribution in [0.4, 0.5) is 5.82 Å². The molecule has 0 bridgehead atoms. The number of carbonyl (C=O) groups is 1. The van der Waals surface area contributed by atoms with Crippen LogP contribution in [0.2, 0.25) is 5.02 Å². The Bertz CT molecular complexity index is 622. The molecule has 1 aromatic carbocycles. The molecule has 0 fully saturated rings. The zero-order valence-electron chi connectivity index (χ0n) is 10.8. The molecule has 0 spiro atoms. The van der Waals surface area contributed by atoms with Crippen molar-refractivity contribution in [1.82, 2.24) is 5.16 Å². The van der Waals surface area contributed by atoms with E-state index in [1.165, 1.54) is 7.11 Å². The number of aryl methyl sites for hydroxylation is 2. The van der Waals surface area contributed by atoms with E-state index in [2.05, 4.69) is 10.5 Å². The minimum atomic E-state index is -0.355. The Kier molecular flexibility index (Phi) is 3.76. The molecule has 6 heteroatoms. The predicted octanol–water partition coefficient (Wildman–Crippen LogP) is 3.21. The maximum absolute atomic E-state index is 12.1. The number of ether oxygens (including phenoxy) is 1. The van der Waals surface area contributed by atoms with Crippen LogP contribution in [0.25, 0.3) is 0 Å². The lowest BCUT2D eigenvalue weighted by molar-refractivity contribution is 0.102. The van der Waals surface area contributed by atoms with Crippen LogP contribution in [0.1, 0.15) is 21.7 Å². The van der Waals surface area contributed by atoms with Gasteiger partial charge in [0.2, 0.25) is 0 Å². The summed E-state index contributed by atoms with van der Waals surface area (Å²) < 4.78 is 10.1. The van der Waals surface area contributed by atoms with Crippen LogP contribution in [-0.2, 0) is 0 Å². The number of nitrogens with one attached hydrogen (secondary N) is 1. The monoisotopic (exact) mass is 280 g/mol. The molecule has 0 radical (unpaired) electrons. The van der Waals surface area contributed by atoms with E-state index in [1.807, 2.05) is 6.92 Å². The molecule has 1 heterocycles. The average molecular weight is 281 g/mol. The third-order valence-corrected chi connectivity index (χ3v) is 3.00.